The van der Waals surface area contributed by atoms with Crippen LogP contribution >= 0.6 is 0 Å². The lowest BCUT2D eigenvalue weighted by Gasteiger charge is -2.12. The molecule has 1 aromatic carbocycles. The van der Waals surface area contributed by atoms with Gasteiger partial charge < -0.3 is 14.6 Å². The van der Waals surface area contributed by atoms with Crippen molar-refractivity contribution in [3.8, 4) is 5.75 Å². The molecule has 0 bridgehead atoms. The third kappa shape index (κ3) is 3.30. The second-order valence-corrected chi connectivity index (χ2v) is 6.35. The number of rotatable bonds is 8. The number of hydrogen-bond acceptors (Lipinski definition) is 4. The number of aromatic nitrogens is 3. The molecule has 2 aliphatic rings. The van der Waals surface area contributed by atoms with E-state index in [0.29, 0.717) is 6.04 Å². The maximum atomic E-state index is 5.95. The fraction of sp³-hybridized carbons (Fsp3) is 0.529. The first-order valence-electron chi connectivity index (χ1n) is 8.20. The summed E-state index contributed by atoms with van der Waals surface area (Å²) in [6, 6.07) is 8.91. The number of nitrogens with zero attached hydrogens (tertiary/aromatic N) is 3. The van der Waals surface area contributed by atoms with Gasteiger partial charge in [-0.3, -0.25) is 0 Å². The van der Waals surface area contributed by atoms with E-state index in [4.69, 9.17) is 4.74 Å². The minimum Gasteiger partial charge on any atom is -0.493 e. The zero-order valence-electron chi connectivity index (χ0n) is 12.7. The van der Waals surface area contributed by atoms with Gasteiger partial charge in [0.2, 0.25) is 0 Å². The molecule has 2 fully saturated rings. The van der Waals surface area contributed by atoms with Gasteiger partial charge in [0.1, 0.15) is 17.9 Å². The summed E-state index contributed by atoms with van der Waals surface area (Å²) in [7, 11) is 0. The average molecular weight is 298 g/mol. The van der Waals surface area contributed by atoms with Gasteiger partial charge in [0.15, 0.2) is 0 Å². The van der Waals surface area contributed by atoms with E-state index >= 15 is 0 Å². The van der Waals surface area contributed by atoms with Crippen LogP contribution in [0.3, 0.4) is 0 Å². The molecule has 0 unspecified atom stereocenters. The summed E-state index contributed by atoms with van der Waals surface area (Å²) < 4.78 is 8.14. The summed E-state index contributed by atoms with van der Waals surface area (Å²) >= 11 is 0. The Hall–Kier alpha value is -1.88. The summed E-state index contributed by atoms with van der Waals surface area (Å²) in [4.78, 5) is 0. The molecule has 1 N–H and O–H groups in total. The highest BCUT2D eigenvalue weighted by Gasteiger charge is 2.25. The Bertz CT molecular complexity index is 631. The van der Waals surface area contributed by atoms with Crippen molar-refractivity contribution < 1.29 is 4.74 Å². The van der Waals surface area contributed by atoms with E-state index in [1.807, 2.05) is 12.4 Å². The molecular formula is C17H22N4O. The van der Waals surface area contributed by atoms with Crippen LogP contribution < -0.4 is 10.1 Å². The Labute approximate surface area is 130 Å². The molecule has 5 nitrogen and oxygen atoms in total. The summed E-state index contributed by atoms with van der Waals surface area (Å²) in [6.45, 7) is 2.39. The fourth-order valence-corrected chi connectivity index (χ4v) is 2.64. The normalized spacial score (nSPS) is 17.6. The van der Waals surface area contributed by atoms with Crippen LogP contribution in [0.25, 0.3) is 0 Å². The third-order valence-electron chi connectivity index (χ3n) is 4.33. The largest absolute Gasteiger partial charge is 0.493 e. The zero-order chi connectivity index (χ0) is 14.8. The predicted molar refractivity (Wildman–Crippen MR) is 83.5 cm³/mol. The second-order valence-electron chi connectivity index (χ2n) is 6.35. The third-order valence-corrected chi connectivity index (χ3v) is 4.33. The van der Waals surface area contributed by atoms with E-state index in [2.05, 4.69) is 38.3 Å². The van der Waals surface area contributed by atoms with E-state index in [0.717, 1.165) is 37.2 Å². The second kappa shape index (κ2) is 6.08. The zero-order valence-corrected chi connectivity index (χ0v) is 12.7. The molecule has 0 radical (unpaired) electrons. The maximum absolute atomic E-state index is 5.95. The van der Waals surface area contributed by atoms with Crippen LogP contribution in [0.5, 0.6) is 5.75 Å². The van der Waals surface area contributed by atoms with Crippen LogP contribution in [0.15, 0.2) is 30.6 Å². The molecular weight excluding hydrogens is 276 g/mol. The molecule has 116 valence electrons. The van der Waals surface area contributed by atoms with Crippen molar-refractivity contribution in [2.24, 2.45) is 5.92 Å². The van der Waals surface area contributed by atoms with Gasteiger partial charge in [0.05, 0.1) is 13.2 Å². The lowest BCUT2D eigenvalue weighted by atomic mass is 10.2. The number of nitrogens with one attached hydrogen (secondary N) is 1. The molecule has 2 aliphatic carbocycles. The summed E-state index contributed by atoms with van der Waals surface area (Å²) in [5.41, 5.74) is 1.21. The van der Waals surface area contributed by atoms with E-state index < -0.39 is 0 Å². The van der Waals surface area contributed by atoms with Gasteiger partial charge in [-0.05, 0) is 37.7 Å². The molecule has 0 atom stereocenters. The Balaban J connectivity index is 1.33. The molecule has 5 heteroatoms. The average Bonchev–Trinajstić information content (AvgIpc) is 3.47. The van der Waals surface area contributed by atoms with E-state index in [-0.39, 0.29) is 0 Å². The van der Waals surface area contributed by atoms with Crippen LogP contribution in [0.1, 0.15) is 43.1 Å². The molecule has 0 saturated heterocycles. The number of ether oxygens (including phenoxy) is 1. The maximum Gasteiger partial charge on any atom is 0.147 e. The van der Waals surface area contributed by atoms with Crippen LogP contribution in [0.2, 0.25) is 0 Å². The minimum atomic E-state index is 0.626. The summed E-state index contributed by atoms with van der Waals surface area (Å²) in [6.07, 6.45) is 6.99. The predicted octanol–water partition coefficient (Wildman–Crippen LogP) is 2.69. The van der Waals surface area contributed by atoms with E-state index in [1.165, 1.54) is 31.2 Å². The van der Waals surface area contributed by atoms with Crippen LogP contribution in [0.4, 0.5) is 0 Å². The van der Waals surface area contributed by atoms with Crippen molar-refractivity contribution in [3.63, 3.8) is 0 Å². The highest BCUT2D eigenvalue weighted by molar-refractivity contribution is 5.33. The summed E-state index contributed by atoms with van der Waals surface area (Å²) in [5.74, 6) is 2.81. The highest BCUT2D eigenvalue weighted by Crippen LogP contribution is 2.35. The molecule has 0 amide bonds. The molecule has 2 aromatic rings. The Morgan fingerprint density at radius 1 is 1.14 bits per heavy atom. The molecule has 2 saturated carbocycles. The van der Waals surface area contributed by atoms with Gasteiger partial charge in [0, 0.05) is 18.2 Å². The topological polar surface area (TPSA) is 52.0 Å². The van der Waals surface area contributed by atoms with Crippen LogP contribution in [-0.4, -0.2) is 21.4 Å². The molecule has 1 heterocycles. The van der Waals surface area contributed by atoms with Crippen molar-refractivity contribution in [1.29, 1.82) is 0 Å². The van der Waals surface area contributed by atoms with E-state index in [1.54, 1.807) is 0 Å². The van der Waals surface area contributed by atoms with Gasteiger partial charge in [-0.1, -0.05) is 18.2 Å². The Morgan fingerprint density at radius 2 is 2.00 bits per heavy atom. The van der Waals surface area contributed by atoms with Crippen molar-refractivity contribution >= 4 is 0 Å². The molecule has 1 aromatic heterocycles. The SMILES string of the molecule is c1ccc(OCC2CC2)c(CNCc2nncn2C2CC2)c1. The minimum absolute atomic E-state index is 0.626. The Kier molecular flexibility index (Phi) is 3.81. The van der Waals surface area contributed by atoms with Gasteiger partial charge >= 0.3 is 0 Å². The van der Waals surface area contributed by atoms with Crippen molar-refractivity contribution in [2.75, 3.05) is 6.61 Å². The highest BCUT2D eigenvalue weighted by atomic mass is 16.5. The van der Waals surface area contributed by atoms with Gasteiger partial charge in [-0.15, -0.1) is 10.2 Å². The lowest BCUT2D eigenvalue weighted by molar-refractivity contribution is 0.296. The first kappa shape index (κ1) is 13.8. The summed E-state index contributed by atoms with van der Waals surface area (Å²) in [5, 5.41) is 11.7. The van der Waals surface area contributed by atoms with Crippen molar-refractivity contribution in [3.05, 3.63) is 42.0 Å². The Morgan fingerprint density at radius 3 is 2.82 bits per heavy atom. The van der Waals surface area contributed by atoms with Gasteiger partial charge in [0.25, 0.3) is 0 Å². The van der Waals surface area contributed by atoms with Gasteiger partial charge in [-0.2, -0.15) is 0 Å². The lowest BCUT2D eigenvalue weighted by Crippen LogP contribution is -2.17. The fourth-order valence-electron chi connectivity index (χ4n) is 2.64. The molecule has 22 heavy (non-hydrogen) atoms. The molecule has 0 aliphatic heterocycles. The quantitative estimate of drug-likeness (QED) is 0.814. The van der Waals surface area contributed by atoms with Crippen molar-refractivity contribution in [2.45, 2.75) is 44.8 Å². The van der Waals surface area contributed by atoms with Crippen molar-refractivity contribution in [1.82, 2.24) is 20.1 Å². The molecule has 4 rings (SSSR count). The molecule has 0 spiro atoms. The first-order chi connectivity index (χ1) is 10.9. The monoisotopic (exact) mass is 298 g/mol. The van der Waals surface area contributed by atoms with Crippen LogP contribution in [0, 0.1) is 5.92 Å². The van der Waals surface area contributed by atoms with E-state index in [9.17, 15) is 0 Å². The van der Waals surface area contributed by atoms with Crippen LogP contribution in [-0.2, 0) is 13.1 Å². The number of hydrogen-bond donors (Lipinski definition) is 1. The first-order valence-corrected chi connectivity index (χ1v) is 8.20. The van der Waals surface area contributed by atoms with Gasteiger partial charge in [-0.25, -0.2) is 0 Å². The number of para-hydroxylation sites is 1. The number of benzene rings is 1. The standard InChI is InChI=1S/C17H22N4O/c1-2-4-16(22-11-13-5-6-13)14(3-1)9-18-10-17-20-19-12-21(17)15-7-8-15/h1-4,12-13,15,18H,5-11H2. The smallest absolute Gasteiger partial charge is 0.147 e.